The van der Waals surface area contributed by atoms with Crippen molar-refractivity contribution >= 4 is 17.2 Å². The number of aromatic nitrogens is 1. The van der Waals surface area contributed by atoms with Crippen molar-refractivity contribution in [3.8, 4) is 0 Å². The molecule has 0 fully saturated rings. The number of nitrogens with zero attached hydrogens (tertiary/aromatic N) is 1. The van der Waals surface area contributed by atoms with Crippen LogP contribution in [-0.4, -0.2) is 17.4 Å². The average Bonchev–Trinajstić information content (AvgIpc) is 2.88. The van der Waals surface area contributed by atoms with Gasteiger partial charge >= 0.3 is 0 Å². The number of hydrogen-bond acceptors (Lipinski definition) is 3. The van der Waals surface area contributed by atoms with E-state index in [9.17, 15) is 4.79 Å². The predicted molar refractivity (Wildman–Crippen MR) is 83.1 cm³/mol. The van der Waals surface area contributed by atoms with Gasteiger partial charge in [-0.3, -0.25) is 4.79 Å². The summed E-state index contributed by atoms with van der Waals surface area (Å²) in [5, 5.41) is 6.02. The quantitative estimate of drug-likeness (QED) is 0.887. The third-order valence-electron chi connectivity index (χ3n) is 2.98. The predicted octanol–water partition coefficient (Wildman–Crippen LogP) is 3.17. The SMILES string of the molecule is CC(C)c1nc(CC(=O)NCCc2ccccc2)cs1. The van der Waals surface area contributed by atoms with Crippen LogP contribution in [0.4, 0.5) is 0 Å². The largest absolute Gasteiger partial charge is 0.355 e. The number of thiazole rings is 1. The molecule has 0 spiro atoms. The Labute approximate surface area is 124 Å². The Morgan fingerprint density at radius 3 is 2.70 bits per heavy atom. The molecule has 0 saturated heterocycles. The van der Waals surface area contributed by atoms with Crippen LogP contribution in [0.25, 0.3) is 0 Å². The Bertz CT molecular complexity index is 549. The number of carbonyl (C=O) groups excluding carboxylic acids is 1. The van der Waals surface area contributed by atoms with E-state index >= 15 is 0 Å². The second-order valence-corrected chi connectivity index (χ2v) is 5.98. The summed E-state index contributed by atoms with van der Waals surface area (Å²) < 4.78 is 0. The van der Waals surface area contributed by atoms with Crippen LogP contribution in [0.15, 0.2) is 35.7 Å². The van der Waals surface area contributed by atoms with E-state index in [0.717, 1.165) is 17.1 Å². The number of carbonyl (C=O) groups is 1. The third kappa shape index (κ3) is 4.46. The van der Waals surface area contributed by atoms with Crippen LogP contribution in [0.2, 0.25) is 0 Å². The molecule has 2 aromatic rings. The van der Waals surface area contributed by atoms with E-state index in [2.05, 4.69) is 36.3 Å². The van der Waals surface area contributed by atoms with Gasteiger partial charge in [-0.25, -0.2) is 4.98 Å². The van der Waals surface area contributed by atoms with Crippen molar-refractivity contribution in [2.24, 2.45) is 0 Å². The molecule has 0 aliphatic carbocycles. The first-order chi connectivity index (χ1) is 9.65. The Morgan fingerprint density at radius 2 is 2.05 bits per heavy atom. The molecule has 0 radical (unpaired) electrons. The minimum atomic E-state index is 0.0431. The molecule has 0 aliphatic heterocycles. The van der Waals surface area contributed by atoms with Gasteiger partial charge in [-0.2, -0.15) is 0 Å². The lowest BCUT2D eigenvalue weighted by atomic mass is 10.1. The van der Waals surface area contributed by atoms with Gasteiger partial charge in [0, 0.05) is 17.8 Å². The minimum Gasteiger partial charge on any atom is -0.355 e. The van der Waals surface area contributed by atoms with Crippen LogP contribution >= 0.6 is 11.3 Å². The zero-order valence-corrected chi connectivity index (χ0v) is 12.7. The molecule has 106 valence electrons. The summed E-state index contributed by atoms with van der Waals surface area (Å²) in [5.41, 5.74) is 2.11. The Balaban J connectivity index is 1.75. The van der Waals surface area contributed by atoms with Crippen molar-refractivity contribution in [2.45, 2.75) is 32.6 Å². The van der Waals surface area contributed by atoms with Gasteiger partial charge in [-0.15, -0.1) is 11.3 Å². The molecule has 0 bridgehead atoms. The highest BCUT2D eigenvalue weighted by atomic mass is 32.1. The topological polar surface area (TPSA) is 42.0 Å². The molecule has 1 aromatic carbocycles. The Kier molecular flexibility index (Phi) is 5.30. The lowest BCUT2D eigenvalue weighted by Gasteiger charge is -2.04. The molecule has 20 heavy (non-hydrogen) atoms. The van der Waals surface area contributed by atoms with E-state index in [1.807, 2.05) is 23.6 Å². The van der Waals surface area contributed by atoms with Crippen molar-refractivity contribution in [3.63, 3.8) is 0 Å². The van der Waals surface area contributed by atoms with Gasteiger partial charge < -0.3 is 5.32 Å². The maximum absolute atomic E-state index is 11.8. The summed E-state index contributed by atoms with van der Waals surface area (Å²) in [6.07, 6.45) is 1.24. The Morgan fingerprint density at radius 1 is 1.30 bits per heavy atom. The molecule has 0 unspecified atom stereocenters. The molecule has 0 atom stereocenters. The minimum absolute atomic E-state index is 0.0431. The second-order valence-electron chi connectivity index (χ2n) is 5.09. The number of amides is 1. The molecule has 3 nitrogen and oxygen atoms in total. The molecule has 2 rings (SSSR count). The van der Waals surface area contributed by atoms with Crippen LogP contribution in [0, 0.1) is 0 Å². The normalized spacial score (nSPS) is 10.8. The van der Waals surface area contributed by atoms with Crippen molar-refractivity contribution in [3.05, 3.63) is 52.0 Å². The highest BCUT2D eigenvalue weighted by Gasteiger charge is 2.09. The molecular weight excluding hydrogens is 268 g/mol. The van der Waals surface area contributed by atoms with Gasteiger partial charge in [0.25, 0.3) is 0 Å². The van der Waals surface area contributed by atoms with Crippen molar-refractivity contribution in [1.29, 1.82) is 0 Å². The smallest absolute Gasteiger partial charge is 0.226 e. The van der Waals surface area contributed by atoms with Gasteiger partial charge in [0.15, 0.2) is 0 Å². The average molecular weight is 288 g/mol. The van der Waals surface area contributed by atoms with E-state index < -0.39 is 0 Å². The van der Waals surface area contributed by atoms with Crippen molar-refractivity contribution < 1.29 is 4.79 Å². The summed E-state index contributed by atoms with van der Waals surface area (Å²) in [5.74, 6) is 0.469. The molecule has 0 saturated carbocycles. The summed E-state index contributed by atoms with van der Waals surface area (Å²) >= 11 is 1.63. The molecule has 4 heteroatoms. The van der Waals surface area contributed by atoms with Crippen molar-refractivity contribution in [2.75, 3.05) is 6.54 Å². The molecule has 1 aromatic heterocycles. The van der Waals surface area contributed by atoms with E-state index in [0.29, 0.717) is 18.9 Å². The molecule has 1 N–H and O–H groups in total. The van der Waals surface area contributed by atoms with Crippen LogP contribution in [-0.2, 0) is 17.6 Å². The van der Waals surface area contributed by atoms with Gasteiger partial charge in [-0.05, 0) is 12.0 Å². The fraction of sp³-hybridized carbons (Fsp3) is 0.375. The van der Waals surface area contributed by atoms with Crippen LogP contribution < -0.4 is 5.32 Å². The maximum Gasteiger partial charge on any atom is 0.226 e. The van der Waals surface area contributed by atoms with Crippen LogP contribution in [0.3, 0.4) is 0 Å². The second kappa shape index (κ2) is 7.20. The zero-order chi connectivity index (χ0) is 14.4. The van der Waals surface area contributed by atoms with Gasteiger partial charge in [0.1, 0.15) is 0 Å². The van der Waals surface area contributed by atoms with E-state index in [-0.39, 0.29) is 5.91 Å². The number of benzene rings is 1. The lowest BCUT2D eigenvalue weighted by Crippen LogP contribution is -2.27. The van der Waals surface area contributed by atoms with E-state index in [1.54, 1.807) is 11.3 Å². The number of rotatable bonds is 6. The highest BCUT2D eigenvalue weighted by Crippen LogP contribution is 2.19. The van der Waals surface area contributed by atoms with E-state index in [1.165, 1.54) is 5.56 Å². The maximum atomic E-state index is 11.8. The first-order valence-corrected chi connectivity index (χ1v) is 7.78. The number of hydrogen-bond donors (Lipinski definition) is 1. The zero-order valence-electron chi connectivity index (χ0n) is 11.9. The van der Waals surface area contributed by atoms with Gasteiger partial charge in [0.05, 0.1) is 17.1 Å². The summed E-state index contributed by atoms with van der Waals surface area (Å²) in [6, 6.07) is 10.2. The van der Waals surface area contributed by atoms with Gasteiger partial charge in [-0.1, -0.05) is 44.2 Å². The fourth-order valence-corrected chi connectivity index (χ4v) is 2.72. The molecule has 0 aliphatic rings. The lowest BCUT2D eigenvalue weighted by molar-refractivity contribution is -0.120. The first-order valence-electron chi connectivity index (χ1n) is 6.90. The van der Waals surface area contributed by atoms with Crippen LogP contribution in [0.1, 0.15) is 36.0 Å². The molecule has 1 heterocycles. The first kappa shape index (κ1) is 14.7. The summed E-state index contributed by atoms with van der Waals surface area (Å²) in [7, 11) is 0. The highest BCUT2D eigenvalue weighted by molar-refractivity contribution is 7.09. The van der Waals surface area contributed by atoms with E-state index in [4.69, 9.17) is 0 Å². The Hall–Kier alpha value is -1.68. The summed E-state index contributed by atoms with van der Waals surface area (Å²) in [6.45, 7) is 4.90. The van der Waals surface area contributed by atoms with Crippen molar-refractivity contribution in [1.82, 2.24) is 10.3 Å². The number of nitrogens with one attached hydrogen (secondary N) is 1. The molecular formula is C16H20N2OS. The fourth-order valence-electron chi connectivity index (χ4n) is 1.89. The van der Waals surface area contributed by atoms with Gasteiger partial charge in [0.2, 0.25) is 5.91 Å². The third-order valence-corrected chi connectivity index (χ3v) is 4.18. The standard InChI is InChI=1S/C16H20N2OS/c1-12(2)16-18-14(11-20-16)10-15(19)17-9-8-13-6-4-3-5-7-13/h3-7,11-12H,8-10H2,1-2H3,(H,17,19). The molecule has 1 amide bonds. The monoisotopic (exact) mass is 288 g/mol. The van der Waals surface area contributed by atoms with Crippen LogP contribution in [0.5, 0.6) is 0 Å². The summed E-state index contributed by atoms with van der Waals surface area (Å²) in [4.78, 5) is 16.3.